The molecule has 3 aromatic rings. The molecule has 1 aromatic carbocycles. The minimum Gasteiger partial charge on any atom is -0.431 e. The molecule has 0 aliphatic carbocycles. The van der Waals surface area contributed by atoms with E-state index >= 15 is 0 Å². The van der Waals surface area contributed by atoms with Crippen LogP contribution in [0.15, 0.2) is 42.2 Å². The molecule has 0 aliphatic rings. The van der Waals surface area contributed by atoms with Crippen LogP contribution in [0.1, 0.15) is 5.56 Å². The standard InChI is InChI=1S/C13H12N6O2S/c20-12(8-19-9-16-17-18-19)15-7-10-1-3-11(4-2-10)21-13-14-5-6-22-13/h1-6,9H,7-8H2,(H,15,20). The van der Waals surface area contributed by atoms with Gasteiger partial charge in [-0.3, -0.25) is 4.79 Å². The Hall–Kier alpha value is -2.81. The summed E-state index contributed by atoms with van der Waals surface area (Å²) in [4.78, 5) is 15.8. The van der Waals surface area contributed by atoms with E-state index in [4.69, 9.17) is 4.74 Å². The molecule has 0 fully saturated rings. The summed E-state index contributed by atoms with van der Waals surface area (Å²) in [6, 6.07) is 7.45. The molecule has 0 spiro atoms. The zero-order valence-corrected chi connectivity index (χ0v) is 12.2. The third-order valence-corrected chi connectivity index (χ3v) is 3.37. The van der Waals surface area contributed by atoms with Gasteiger partial charge in [-0.1, -0.05) is 23.5 Å². The Bertz CT molecular complexity index is 712. The van der Waals surface area contributed by atoms with Gasteiger partial charge in [0.05, 0.1) is 0 Å². The predicted octanol–water partition coefficient (Wildman–Crippen LogP) is 1.24. The molecule has 112 valence electrons. The van der Waals surface area contributed by atoms with Gasteiger partial charge in [0.25, 0.3) is 5.19 Å². The fourth-order valence-electron chi connectivity index (χ4n) is 1.69. The first-order chi connectivity index (χ1) is 10.8. The van der Waals surface area contributed by atoms with E-state index in [1.807, 2.05) is 29.6 Å². The average Bonchev–Trinajstić information content (AvgIpc) is 3.20. The van der Waals surface area contributed by atoms with Crippen molar-refractivity contribution < 1.29 is 9.53 Å². The van der Waals surface area contributed by atoms with Crippen LogP contribution in [-0.4, -0.2) is 31.1 Å². The number of amides is 1. The third kappa shape index (κ3) is 3.85. The second-order valence-electron chi connectivity index (χ2n) is 4.33. The number of tetrazole rings is 1. The first kappa shape index (κ1) is 14.1. The first-order valence-electron chi connectivity index (χ1n) is 6.43. The molecular weight excluding hydrogens is 304 g/mol. The van der Waals surface area contributed by atoms with Crippen molar-refractivity contribution in [1.82, 2.24) is 30.5 Å². The smallest absolute Gasteiger partial charge is 0.278 e. The molecule has 0 bridgehead atoms. The van der Waals surface area contributed by atoms with Gasteiger partial charge >= 0.3 is 0 Å². The first-order valence-corrected chi connectivity index (χ1v) is 7.31. The highest BCUT2D eigenvalue weighted by Gasteiger charge is 2.04. The zero-order valence-electron chi connectivity index (χ0n) is 11.4. The summed E-state index contributed by atoms with van der Waals surface area (Å²) in [7, 11) is 0. The Morgan fingerprint density at radius 3 is 2.86 bits per heavy atom. The van der Waals surface area contributed by atoms with Gasteiger partial charge in [0.2, 0.25) is 5.91 Å². The quantitative estimate of drug-likeness (QED) is 0.735. The minimum absolute atomic E-state index is 0.0955. The van der Waals surface area contributed by atoms with Crippen molar-refractivity contribution in [2.75, 3.05) is 0 Å². The summed E-state index contributed by atoms with van der Waals surface area (Å²) in [5.41, 5.74) is 0.969. The third-order valence-electron chi connectivity index (χ3n) is 2.72. The van der Waals surface area contributed by atoms with Crippen molar-refractivity contribution in [3.63, 3.8) is 0 Å². The molecule has 8 nitrogen and oxygen atoms in total. The molecule has 0 radical (unpaired) electrons. The highest BCUT2D eigenvalue weighted by Crippen LogP contribution is 2.23. The molecule has 2 aromatic heterocycles. The monoisotopic (exact) mass is 316 g/mol. The molecule has 0 aliphatic heterocycles. The SMILES string of the molecule is O=C(Cn1cnnn1)NCc1ccc(Oc2nccs2)cc1. The van der Waals surface area contributed by atoms with Gasteiger partial charge in [0.1, 0.15) is 18.6 Å². The Kier molecular flexibility index (Phi) is 4.35. The van der Waals surface area contributed by atoms with Gasteiger partial charge in [-0.2, -0.15) is 0 Å². The van der Waals surface area contributed by atoms with Gasteiger partial charge in [-0.25, -0.2) is 9.67 Å². The summed E-state index contributed by atoms with van der Waals surface area (Å²) in [6.45, 7) is 0.525. The van der Waals surface area contributed by atoms with E-state index in [9.17, 15) is 4.79 Å². The Labute approximate surface area is 129 Å². The molecule has 2 heterocycles. The predicted molar refractivity (Wildman–Crippen MR) is 78.3 cm³/mol. The van der Waals surface area contributed by atoms with Crippen LogP contribution in [0.4, 0.5) is 0 Å². The van der Waals surface area contributed by atoms with Crippen LogP contribution in [0, 0.1) is 0 Å². The molecule has 0 unspecified atom stereocenters. The number of carbonyl (C=O) groups is 1. The molecule has 0 saturated carbocycles. The second kappa shape index (κ2) is 6.76. The van der Waals surface area contributed by atoms with Crippen molar-refractivity contribution >= 4 is 17.2 Å². The van der Waals surface area contributed by atoms with Crippen molar-refractivity contribution in [3.8, 4) is 10.9 Å². The second-order valence-corrected chi connectivity index (χ2v) is 5.19. The number of rotatable bonds is 6. The van der Waals surface area contributed by atoms with E-state index in [0.717, 1.165) is 5.56 Å². The molecule has 1 amide bonds. The fraction of sp³-hybridized carbons (Fsp3) is 0.154. The number of hydrogen-bond acceptors (Lipinski definition) is 7. The van der Waals surface area contributed by atoms with E-state index in [-0.39, 0.29) is 12.5 Å². The molecule has 0 saturated heterocycles. The number of aromatic nitrogens is 5. The molecule has 0 atom stereocenters. The van der Waals surface area contributed by atoms with Gasteiger partial charge in [0, 0.05) is 18.1 Å². The number of nitrogens with one attached hydrogen (secondary N) is 1. The summed E-state index contributed by atoms with van der Waals surface area (Å²) >= 11 is 1.43. The maximum atomic E-state index is 11.7. The molecular formula is C13H12N6O2S. The lowest BCUT2D eigenvalue weighted by Crippen LogP contribution is -2.27. The fourth-order valence-corrected chi connectivity index (χ4v) is 2.20. The Morgan fingerprint density at radius 2 is 2.18 bits per heavy atom. The maximum Gasteiger partial charge on any atom is 0.278 e. The summed E-state index contributed by atoms with van der Waals surface area (Å²) in [5.74, 6) is 0.550. The number of carbonyl (C=O) groups excluding carboxylic acids is 1. The lowest BCUT2D eigenvalue weighted by molar-refractivity contribution is -0.122. The number of benzene rings is 1. The molecule has 22 heavy (non-hydrogen) atoms. The number of ether oxygens (including phenoxy) is 1. The molecule has 9 heteroatoms. The van der Waals surface area contributed by atoms with Crippen LogP contribution in [0.5, 0.6) is 10.9 Å². The van der Waals surface area contributed by atoms with Crippen molar-refractivity contribution in [1.29, 1.82) is 0 Å². The topological polar surface area (TPSA) is 94.8 Å². The van der Waals surface area contributed by atoms with Gasteiger partial charge in [-0.05, 0) is 28.1 Å². The average molecular weight is 316 g/mol. The van der Waals surface area contributed by atoms with Gasteiger partial charge in [-0.15, -0.1) is 5.10 Å². The normalized spacial score (nSPS) is 10.4. The summed E-state index contributed by atoms with van der Waals surface area (Å²) in [5, 5.41) is 15.8. The van der Waals surface area contributed by atoms with Crippen LogP contribution in [0.25, 0.3) is 0 Å². The van der Waals surface area contributed by atoms with Crippen molar-refractivity contribution in [2.45, 2.75) is 13.1 Å². The van der Waals surface area contributed by atoms with Crippen molar-refractivity contribution in [3.05, 3.63) is 47.7 Å². The summed E-state index contributed by atoms with van der Waals surface area (Å²) < 4.78 is 6.93. The molecule has 3 rings (SSSR count). The number of thiazole rings is 1. The van der Waals surface area contributed by atoms with Crippen LogP contribution in [-0.2, 0) is 17.9 Å². The highest BCUT2D eigenvalue weighted by molar-refractivity contribution is 7.11. The van der Waals surface area contributed by atoms with Crippen LogP contribution >= 0.6 is 11.3 Å². The lowest BCUT2D eigenvalue weighted by Gasteiger charge is -2.06. The van der Waals surface area contributed by atoms with Gasteiger partial charge < -0.3 is 10.1 Å². The van der Waals surface area contributed by atoms with Crippen LogP contribution in [0.3, 0.4) is 0 Å². The van der Waals surface area contributed by atoms with E-state index in [2.05, 4.69) is 25.8 Å². The lowest BCUT2D eigenvalue weighted by atomic mass is 10.2. The maximum absolute atomic E-state index is 11.7. The Balaban J connectivity index is 1.49. The van der Waals surface area contributed by atoms with E-state index in [0.29, 0.717) is 17.5 Å². The summed E-state index contributed by atoms with van der Waals surface area (Å²) in [6.07, 6.45) is 3.08. The number of hydrogen-bond donors (Lipinski definition) is 1. The zero-order chi connectivity index (χ0) is 15.2. The van der Waals surface area contributed by atoms with Crippen LogP contribution in [0.2, 0.25) is 0 Å². The van der Waals surface area contributed by atoms with E-state index in [1.54, 1.807) is 6.20 Å². The Morgan fingerprint density at radius 1 is 1.32 bits per heavy atom. The number of nitrogens with zero attached hydrogens (tertiary/aromatic N) is 5. The van der Waals surface area contributed by atoms with Crippen LogP contribution < -0.4 is 10.1 Å². The largest absolute Gasteiger partial charge is 0.431 e. The van der Waals surface area contributed by atoms with E-state index < -0.39 is 0 Å². The van der Waals surface area contributed by atoms with Crippen molar-refractivity contribution in [2.24, 2.45) is 0 Å². The van der Waals surface area contributed by atoms with E-state index in [1.165, 1.54) is 22.3 Å². The highest BCUT2D eigenvalue weighted by atomic mass is 32.1. The molecule has 1 N–H and O–H groups in total. The minimum atomic E-state index is -0.157. The van der Waals surface area contributed by atoms with Gasteiger partial charge in [0.15, 0.2) is 0 Å².